The topological polar surface area (TPSA) is 85.8 Å². The average molecular weight is 464 g/mol. The normalized spacial score (nSPS) is 25.9. The number of benzene rings is 1. The molecule has 1 aromatic heterocycles. The number of para-hydroxylation sites is 1. The summed E-state index contributed by atoms with van der Waals surface area (Å²) in [6, 6.07) is 9.82. The van der Waals surface area contributed by atoms with Crippen LogP contribution in [0.3, 0.4) is 0 Å². The van der Waals surface area contributed by atoms with E-state index in [4.69, 9.17) is 0 Å². The van der Waals surface area contributed by atoms with Crippen molar-refractivity contribution in [3.8, 4) is 0 Å². The smallest absolute Gasteiger partial charge is 0.325 e. The van der Waals surface area contributed by atoms with Crippen LogP contribution in [0.1, 0.15) is 44.6 Å². The summed E-state index contributed by atoms with van der Waals surface area (Å²) in [5, 5.41) is 4.05. The predicted molar refractivity (Wildman–Crippen MR) is 129 cm³/mol. The van der Waals surface area contributed by atoms with Crippen molar-refractivity contribution >= 4 is 28.7 Å². The maximum atomic E-state index is 13.1. The lowest BCUT2D eigenvalue weighted by molar-refractivity contribution is -0.140. The first-order valence-corrected chi connectivity index (χ1v) is 12.5. The fourth-order valence-electron chi connectivity index (χ4n) is 5.66. The number of imide groups is 1. The van der Waals surface area contributed by atoms with E-state index in [-0.39, 0.29) is 18.4 Å². The van der Waals surface area contributed by atoms with Crippen molar-refractivity contribution < 1.29 is 14.4 Å². The molecule has 3 fully saturated rings. The van der Waals surface area contributed by atoms with Crippen molar-refractivity contribution in [2.45, 2.75) is 51.1 Å². The third-order valence-corrected chi connectivity index (χ3v) is 7.91. The Morgan fingerprint density at radius 1 is 1.09 bits per heavy atom. The lowest BCUT2D eigenvalue weighted by Crippen LogP contribution is -2.52. The van der Waals surface area contributed by atoms with E-state index in [0.717, 1.165) is 54.7 Å². The minimum absolute atomic E-state index is 0.158. The Balaban J connectivity index is 1.16. The molecule has 1 N–H and O–H groups in total. The number of hydrogen-bond acceptors (Lipinski definition) is 5. The first-order chi connectivity index (χ1) is 16.5. The molecular formula is C26H33N5O3. The quantitative estimate of drug-likeness (QED) is 0.689. The first-order valence-electron chi connectivity index (χ1n) is 12.5. The highest BCUT2D eigenvalue weighted by Gasteiger charge is 2.52. The van der Waals surface area contributed by atoms with Gasteiger partial charge in [-0.05, 0) is 43.2 Å². The molecule has 5 rings (SSSR count). The first kappa shape index (κ1) is 22.8. The summed E-state index contributed by atoms with van der Waals surface area (Å²) in [6.45, 7) is 5.45. The Hall–Kier alpha value is -3.00. The van der Waals surface area contributed by atoms with Gasteiger partial charge in [-0.25, -0.2) is 4.79 Å². The average Bonchev–Trinajstić information content (AvgIpc) is 3.09. The second-order valence-corrected chi connectivity index (χ2v) is 9.90. The van der Waals surface area contributed by atoms with Gasteiger partial charge in [0.25, 0.3) is 5.91 Å². The van der Waals surface area contributed by atoms with Gasteiger partial charge in [0, 0.05) is 44.3 Å². The van der Waals surface area contributed by atoms with Gasteiger partial charge in [0.1, 0.15) is 12.1 Å². The third-order valence-electron chi connectivity index (χ3n) is 7.91. The Labute approximate surface area is 200 Å². The van der Waals surface area contributed by atoms with Gasteiger partial charge in [0.2, 0.25) is 5.91 Å². The van der Waals surface area contributed by atoms with Crippen LogP contribution in [0, 0.1) is 5.92 Å². The molecule has 0 radical (unpaired) electrons. The number of aromatic nitrogens is 1. The Morgan fingerprint density at radius 2 is 1.82 bits per heavy atom. The maximum absolute atomic E-state index is 13.1. The van der Waals surface area contributed by atoms with E-state index in [1.807, 2.05) is 12.3 Å². The zero-order chi connectivity index (χ0) is 23.7. The minimum Gasteiger partial charge on any atom is -0.339 e. The van der Waals surface area contributed by atoms with Crippen LogP contribution in [0.4, 0.5) is 4.79 Å². The van der Waals surface area contributed by atoms with E-state index in [0.29, 0.717) is 31.8 Å². The molecule has 2 aliphatic heterocycles. The molecule has 0 bridgehead atoms. The molecule has 0 atom stereocenters. The van der Waals surface area contributed by atoms with E-state index in [1.165, 1.54) is 5.56 Å². The van der Waals surface area contributed by atoms with Crippen molar-refractivity contribution in [3.05, 3.63) is 42.1 Å². The van der Waals surface area contributed by atoms with Gasteiger partial charge in [0.15, 0.2) is 0 Å². The van der Waals surface area contributed by atoms with Crippen LogP contribution in [0.5, 0.6) is 0 Å². The fourth-order valence-corrected chi connectivity index (χ4v) is 5.66. The van der Waals surface area contributed by atoms with Crippen LogP contribution in [0.25, 0.3) is 10.9 Å². The van der Waals surface area contributed by atoms with E-state index in [1.54, 1.807) is 4.90 Å². The van der Waals surface area contributed by atoms with E-state index in [9.17, 15) is 14.4 Å². The molecule has 8 heteroatoms. The number of rotatable bonds is 5. The summed E-state index contributed by atoms with van der Waals surface area (Å²) in [7, 11) is 0. The van der Waals surface area contributed by atoms with Crippen molar-refractivity contribution in [2.75, 3.05) is 32.7 Å². The van der Waals surface area contributed by atoms with Crippen molar-refractivity contribution in [1.82, 2.24) is 25.0 Å². The third kappa shape index (κ3) is 4.27. The summed E-state index contributed by atoms with van der Waals surface area (Å²) in [4.78, 5) is 48.5. The number of piperazine rings is 1. The van der Waals surface area contributed by atoms with Gasteiger partial charge in [-0.2, -0.15) is 0 Å². The summed E-state index contributed by atoms with van der Waals surface area (Å²) in [6.07, 6.45) is 6.14. The van der Waals surface area contributed by atoms with Crippen LogP contribution in [-0.2, 0) is 16.1 Å². The van der Waals surface area contributed by atoms with Crippen LogP contribution in [-0.4, -0.2) is 75.8 Å². The standard InChI is InChI=1S/C26H33N5O3/c1-2-19-8-10-26(11-9-19)24(33)31(25(34)28-26)18-22(32)30-15-13-29(14-16-30)17-21-6-3-5-20-7-4-12-27-23(20)21/h3-7,12,19H,2,8-11,13-18H2,1H3,(H,28,34). The molecule has 4 amide bonds. The molecule has 1 aliphatic carbocycles. The van der Waals surface area contributed by atoms with E-state index in [2.05, 4.69) is 46.4 Å². The number of nitrogens with zero attached hydrogens (tertiary/aromatic N) is 4. The Kier molecular flexibility index (Phi) is 6.25. The molecule has 3 heterocycles. The number of fused-ring (bicyclic) bond motifs is 1. The summed E-state index contributed by atoms with van der Waals surface area (Å²) >= 11 is 0. The van der Waals surface area contributed by atoms with Crippen molar-refractivity contribution in [2.24, 2.45) is 5.92 Å². The zero-order valence-electron chi connectivity index (χ0n) is 19.8. The Bertz CT molecular complexity index is 1080. The van der Waals surface area contributed by atoms with Crippen LogP contribution < -0.4 is 5.32 Å². The monoisotopic (exact) mass is 463 g/mol. The van der Waals surface area contributed by atoms with Crippen LogP contribution in [0.15, 0.2) is 36.5 Å². The predicted octanol–water partition coefficient (Wildman–Crippen LogP) is 2.77. The number of carbonyl (C=O) groups excluding carboxylic acids is 3. The highest BCUT2D eigenvalue weighted by molar-refractivity contribution is 6.09. The lowest BCUT2D eigenvalue weighted by Gasteiger charge is -2.36. The number of urea groups is 1. The number of hydrogen-bond donors (Lipinski definition) is 1. The number of nitrogens with one attached hydrogen (secondary N) is 1. The summed E-state index contributed by atoms with van der Waals surface area (Å²) < 4.78 is 0. The molecule has 1 saturated carbocycles. The highest BCUT2D eigenvalue weighted by Crippen LogP contribution is 2.37. The van der Waals surface area contributed by atoms with Crippen LogP contribution in [0.2, 0.25) is 0 Å². The van der Waals surface area contributed by atoms with Gasteiger partial charge in [0.05, 0.1) is 5.52 Å². The summed E-state index contributed by atoms with van der Waals surface area (Å²) in [5.74, 6) is 0.240. The van der Waals surface area contributed by atoms with Crippen molar-refractivity contribution in [3.63, 3.8) is 0 Å². The molecule has 1 aromatic carbocycles. The number of carbonyl (C=O) groups is 3. The molecular weight excluding hydrogens is 430 g/mol. The molecule has 2 aromatic rings. The Morgan fingerprint density at radius 3 is 2.56 bits per heavy atom. The molecule has 8 nitrogen and oxygen atoms in total. The zero-order valence-corrected chi connectivity index (χ0v) is 19.8. The van der Waals surface area contributed by atoms with Gasteiger partial charge in [-0.1, -0.05) is 37.6 Å². The number of pyridine rings is 1. The highest BCUT2D eigenvalue weighted by atomic mass is 16.2. The van der Waals surface area contributed by atoms with Gasteiger partial charge < -0.3 is 10.2 Å². The molecule has 180 valence electrons. The second-order valence-electron chi connectivity index (χ2n) is 9.90. The van der Waals surface area contributed by atoms with Gasteiger partial charge in [-0.3, -0.25) is 24.4 Å². The van der Waals surface area contributed by atoms with E-state index >= 15 is 0 Å². The largest absolute Gasteiger partial charge is 0.339 e. The van der Waals surface area contributed by atoms with Gasteiger partial charge in [-0.15, -0.1) is 0 Å². The maximum Gasteiger partial charge on any atom is 0.325 e. The minimum atomic E-state index is -0.797. The fraction of sp³-hybridized carbons (Fsp3) is 0.538. The molecule has 3 aliphatic rings. The summed E-state index contributed by atoms with van der Waals surface area (Å²) in [5.41, 5.74) is 1.40. The molecule has 34 heavy (non-hydrogen) atoms. The molecule has 0 unspecified atom stereocenters. The van der Waals surface area contributed by atoms with Gasteiger partial charge >= 0.3 is 6.03 Å². The number of amides is 4. The van der Waals surface area contributed by atoms with E-state index < -0.39 is 11.6 Å². The SMILES string of the molecule is CCC1CCC2(CC1)NC(=O)N(CC(=O)N1CCN(Cc3cccc4cccnc34)CC1)C2=O. The molecule has 2 saturated heterocycles. The van der Waals surface area contributed by atoms with Crippen LogP contribution >= 0.6 is 0 Å². The molecule has 1 spiro atoms. The van der Waals surface area contributed by atoms with Crippen molar-refractivity contribution in [1.29, 1.82) is 0 Å². The lowest BCUT2D eigenvalue weighted by atomic mass is 9.75. The second kappa shape index (κ2) is 9.33.